The van der Waals surface area contributed by atoms with Gasteiger partial charge in [-0.25, -0.2) is 0 Å². The predicted octanol–water partition coefficient (Wildman–Crippen LogP) is 4.92. The first-order valence-electron chi connectivity index (χ1n) is 9.01. The number of thiophene rings is 1. The van der Waals surface area contributed by atoms with Gasteiger partial charge in [0.1, 0.15) is 10.4 Å². The fourth-order valence-corrected chi connectivity index (χ4v) is 4.19. The third-order valence-corrected chi connectivity index (χ3v) is 5.65. The van der Waals surface area contributed by atoms with Crippen molar-refractivity contribution in [2.24, 2.45) is 0 Å². The van der Waals surface area contributed by atoms with Crippen molar-refractivity contribution < 1.29 is 4.74 Å². The molecule has 0 spiro atoms. The summed E-state index contributed by atoms with van der Waals surface area (Å²) in [6.45, 7) is 5.12. The molecule has 0 aliphatic rings. The summed E-state index contributed by atoms with van der Waals surface area (Å²) in [5, 5.41) is 7.40. The molecule has 0 fully saturated rings. The third-order valence-electron chi connectivity index (χ3n) is 4.73. The van der Waals surface area contributed by atoms with Crippen LogP contribution in [-0.4, -0.2) is 18.1 Å². The Kier molecular flexibility index (Phi) is 4.72. The molecule has 2 aromatic carbocycles. The van der Waals surface area contributed by atoms with E-state index >= 15 is 0 Å². The van der Waals surface area contributed by atoms with Gasteiger partial charge in [-0.3, -0.25) is 4.79 Å². The van der Waals surface area contributed by atoms with Gasteiger partial charge in [0.25, 0.3) is 5.56 Å². The number of hydrogen-bond acceptors (Lipinski definition) is 4. The maximum Gasteiger partial charge on any atom is 0.266 e. The lowest BCUT2D eigenvalue weighted by Crippen LogP contribution is -2.21. The van der Waals surface area contributed by atoms with E-state index in [9.17, 15) is 4.79 Å². The van der Waals surface area contributed by atoms with Crippen LogP contribution in [0.15, 0.2) is 52.6 Å². The molecule has 4 rings (SSSR count). The van der Waals surface area contributed by atoms with E-state index in [-0.39, 0.29) is 5.56 Å². The molecule has 4 aromatic rings. The minimum absolute atomic E-state index is 0.0428. The second-order valence-corrected chi connectivity index (χ2v) is 7.83. The van der Waals surface area contributed by atoms with Crippen LogP contribution in [0.5, 0.6) is 5.75 Å². The zero-order chi connectivity index (χ0) is 19.0. The first-order valence-corrected chi connectivity index (χ1v) is 9.89. The monoisotopic (exact) mass is 378 g/mol. The second-order valence-electron chi connectivity index (χ2n) is 6.92. The van der Waals surface area contributed by atoms with Crippen LogP contribution in [0.1, 0.15) is 19.4 Å². The molecule has 0 unspecified atom stereocenters. The molecule has 2 N–H and O–H groups in total. The highest BCUT2D eigenvalue weighted by atomic mass is 32.1. The van der Waals surface area contributed by atoms with Crippen molar-refractivity contribution in [3.63, 3.8) is 0 Å². The Hall–Kier alpha value is -2.63. The molecule has 2 heterocycles. The van der Waals surface area contributed by atoms with E-state index in [2.05, 4.69) is 48.4 Å². The Bertz CT molecular complexity index is 1160. The highest BCUT2D eigenvalue weighted by Crippen LogP contribution is 2.40. The van der Waals surface area contributed by atoms with Crippen molar-refractivity contribution in [1.29, 1.82) is 0 Å². The molecule has 0 atom stereocenters. The molecule has 0 saturated heterocycles. The van der Waals surface area contributed by atoms with Gasteiger partial charge < -0.3 is 15.0 Å². The largest absolute Gasteiger partial charge is 0.496 e. The summed E-state index contributed by atoms with van der Waals surface area (Å²) < 4.78 is 6.42. The SMILES string of the molecule is COc1ccc2[nH]c(=O)c3sccc3c2c1-c1ccc(CNC(C)C)cc1. The first kappa shape index (κ1) is 17.8. The fourth-order valence-electron chi connectivity index (χ4n) is 3.40. The Morgan fingerprint density at radius 1 is 1.11 bits per heavy atom. The van der Waals surface area contributed by atoms with Crippen LogP contribution in [0.2, 0.25) is 0 Å². The van der Waals surface area contributed by atoms with Gasteiger partial charge in [0.15, 0.2) is 0 Å². The average Bonchev–Trinajstić information content (AvgIpc) is 3.16. The van der Waals surface area contributed by atoms with Gasteiger partial charge in [-0.15, -0.1) is 11.3 Å². The normalized spacial score (nSPS) is 11.6. The molecule has 0 bridgehead atoms. The van der Waals surface area contributed by atoms with Crippen molar-refractivity contribution in [3.8, 4) is 16.9 Å². The summed E-state index contributed by atoms with van der Waals surface area (Å²) in [6, 6.07) is 14.8. The van der Waals surface area contributed by atoms with E-state index in [0.717, 1.165) is 44.4 Å². The molecule has 0 aliphatic heterocycles. The molecule has 0 amide bonds. The predicted molar refractivity (Wildman–Crippen MR) is 114 cm³/mol. The number of pyridine rings is 1. The molecular formula is C22H22N2O2S. The number of aromatic nitrogens is 1. The molecule has 27 heavy (non-hydrogen) atoms. The van der Waals surface area contributed by atoms with Gasteiger partial charge in [-0.2, -0.15) is 0 Å². The lowest BCUT2D eigenvalue weighted by molar-refractivity contribution is 0.417. The van der Waals surface area contributed by atoms with Gasteiger partial charge in [0, 0.05) is 34.4 Å². The van der Waals surface area contributed by atoms with Crippen molar-refractivity contribution in [3.05, 3.63) is 63.8 Å². The number of fused-ring (bicyclic) bond motifs is 3. The molecule has 138 valence electrons. The van der Waals surface area contributed by atoms with Crippen LogP contribution in [0, 0.1) is 0 Å². The Morgan fingerprint density at radius 2 is 1.89 bits per heavy atom. The molecule has 5 heteroatoms. The lowest BCUT2D eigenvalue weighted by atomic mass is 9.96. The van der Waals surface area contributed by atoms with Crippen LogP contribution in [0.3, 0.4) is 0 Å². The number of aromatic amines is 1. The topological polar surface area (TPSA) is 54.1 Å². The molecule has 2 aromatic heterocycles. The number of ether oxygens (including phenoxy) is 1. The molecule has 0 saturated carbocycles. The quantitative estimate of drug-likeness (QED) is 0.518. The smallest absolute Gasteiger partial charge is 0.266 e. The van der Waals surface area contributed by atoms with Gasteiger partial charge in [0.2, 0.25) is 0 Å². The van der Waals surface area contributed by atoms with Crippen molar-refractivity contribution in [1.82, 2.24) is 10.3 Å². The van der Waals surface area contributed by atoms with Gasteiger partial charge in [-0.1, -0.05) is 38.1 Å². The zero-order valence-corrected chi connectivity index (χ0v) is 16.4. The van der Waals surface area contributed by atoms with E-state index in [1.807, 2.05) is 23.6 Å². The Labute approximate surface area is 161 Å². The summed E-state index contributed by atoms with van der Waals surface area (Å²) in [5.41, 5.74) is 4.11. The number of hydrogen-bond donors (Lipinski definition) is 2. The zero-order valence-electron chi connectivity index (χ0n) is 15.6. The van der Waals surface area contributed by atoms with Crippen molar-refractivity contribution in [2.45, 2.75) is 26.4 Å². The summed E-state index contributed by atoms with van der Waals surface area (Å²) in [5.74, 6) is 0.801. The van der Waals surface area contributed by atoms with E-state index in [0.29, 0.717) is 6.04 Å². The number of H-pyrrole nitrogens is 1. The second kappa shape index (κ2) is 7.18. The maximum atomic E-state index is 12.3. The van der Waals surface area contributed by atoms with Crippen LogP contribution in [-0.2, 0) is 6.54 Å². The minimum atomic E-state index is -0.0428. The van der Waals surface area contributed by atoms with E-state index in [1.165, 1.54) is 16.9 Å². The van der Waals surface area contributed by atoms with Crippen LogP contribution in [0.25, 0.3) is 32.1 Å². The molecule has 0 radical (unpaired) electrons. The van der Waals surface area contributed by atoms with E-state index in [1.54, 1.807) is 7.11 Å². The van der Waals surface area contributed by atoms with Crippen LogP contribution < -0.4 is 15.6 Å². The van der Waals surface area contributed by atoms with E-state index in [4.69, 9.17) is 4.74 Å². The summed E-state index contributed by atoms with van der Waals surface area (Å²) in [4.78, 5) is 15.4. The summed E-state index contributed by atoms with van der Waals surface area (Å²) in [6.07, 6.45) is 0. The highest BCUT2D eigenvalue weighted by molar-refractivity contribution is 7.17. The van der Waals surface area contributed by atoms with Crippen molar-refractivity contribution in [2.75, 3.05) is 7.11 Å². The minimum Gasteiger partial charge on any atom is -0.496 e. The Balaban J connectivity index is 1.92. The van der Waals surface area contributed by atoms with Crippen molar-refractivity contribution >= 4 is 32.3 Å². The maximum absolute atomic E-state index is 12.3. The van der Waals surface area contributed by atoms with Crippen LogP contribution >= 0.6 is 11.3 Å². The number of benzene rings is 2. The molecule has 4 nitrogen and oxygen atoms in total. The summed E-state index contributed by atoms with van der Waals surface area (Å²) >= 11 is 1.46. The number of rotatable bonds is 5. The number of nitrogens with one attached hydrogen (secondary N) is 2. The Morgan fingerprint density at radius 3 is 2.59 bits per heavy atom. The van der Waals surface area contributed by atoms with Gasteiger partial charge >= 0.3 is 0 Å². The lowest BCUT2D eigenvalue weighted by Gasteiger charge is -2.14. The van der Waals surface area contributed by atoms with Gasteiger partial charge in [-0.05, 0) is 34.7 Å². The summed E-state index contributed by atoms with van der Waals surface area (Å²) in [7, 11) is 1.68. The van der Waals surface area contributed by atoms with E-state index < -0.39 is 0 Å². The third kappa shape index (κ3) is 3.24. The highest BCUT2D eigenvalue weighted by Gasteiger charge is 2.16. The average molecular weight is 378 g/mol. The molecular weight excluding hydrogens is 356 g/mol. The fraction of sp³-hybridized carbons (Fsp3) is 0.227. The first-order chi connectivity index (χ1) is 13.1. The number of methoxy groups -OCH3 is 1. The molecule has 0 aliphatic carbocycles. The standard InChI is InChI=1S/C22H22N2O2S/c1-13(2)23-12-14-4-6-15(7-5-14)19-18(26-3)9-8-17-20(19)16-10-11-27-21(16)22(25)24-17/h4-11,13,23H,12H2,1-3H3,(H,24,25). The van der Waals surface area contributed by atoms with Gasteiger partial charge in [0.05, 0.1) is 7.11 Å². The van der Waals surface area contributed by atoms with Crippen LogP contribution in [0.4, 0.5) is 0 Å².